The van der Waals surface area contributed by atoms with Gasteiger partial charge in [-0.15, -0.1) is 0 Å². The number of nitro groups is 1. The quantitative estimate of drug-likeness (QED) is 0.435. The van der Waals surface area contributed by atoms with Crippen LogP contribution in [0.25, 0.3) is 0 Å². The lowest BCUT2D eigenvalue weighted by molar-refractivity contribution is -0.385. The van der Waals surface area contributed by atoms with E-state index in [1.165, 1.54) is 12.1 Å². The van der Waals surface area contributed by atoms with E-state index < -0.39 is 26.5 Å². The van der Waals surface area contributed by atoms with Crippen LogP contribution < -0.4 is 0 Å². The zero-order chi connectivity index (χ0) is 17.7. The topological polar surface area (TPSA) is 116 Å². The van der Waals surface area contributed by atoms with Crippen LogP contribution in [-0.4, -0.2) is 36.7 Å². The number of carbonyl (C=O) groups is 1. The van der Waals surface area contributed by atoms with Gasteiger partial charge in [-0.2, -0.15) is 0 Å². The second-order valence-electron chi connectivity index (χ2n) is 4.58. The molecule has 0 amide bonds. The van der Waals surface area contributed by atoms with Crippen molar-refractivity contribution >= 4 is 33.1 Å². The van der Waals surface area contributed by atoms with Crippen LogP contribution in [0.2, 0.25) is 5.02 Å². The summed E-state index contributed by atoms with van der Waals surface area (Å²) >= 11 is 5.75. The minimum atomic E-state index is -3.83. The van der Waals surface area contributed by atoms with E-state index in [0.29, 0.717) is 5.02 Å². The summed E-state index contributed by atoms with van der Waals surface area (Å²) in [6, 6.07) is 8.11. The van der Waals surface area contributed by atoms with Crippen molar-refractivity contribution in [3.63, 3.8) is 0 Å². The summed E-state index contributed by atoms with van der Waals surface area (Å²) in [7, 11) is -3.83. The van der Waals surface area contributed by atoms with Crippen molar-refractivity contribution in [2.24, 2.45) is 0 Å². The summed E-state index contributed by atoms with van der Waals surface area (Å²) in [6.45, 7) is -0.383. The summed E-state index contributed by atoms with van der Waals surface area (Å²) in [5.74, 6) is -1.20. The van der Waals surface area contributed by atoms with Gasteiger partial charge >= 0.3 is 5.97 Å². The molecule has 1 heterocycles. The molecule has 0 aliphatic carbocycles. The largest absolute Gasteiger partial charge is 0.461 e. The van der Waals surface area contributed by atoms with E-state index in [4.69, 9.17) is 16.3 Å². The number of carbonyl (C=O) groups excluding carboxylic acids is 1. The number of halogens is 1. The van der Waals surface area contributed by atoms with Crippen molar-refractivity contribution in [2.45, 2.75) is 5.03 Å². The molecule has 126 valence electrons. The molecule has 0 aliphatic rings. The lowest BCUT2D eigenvalue weighted by Crippen LogP contribution is -2.16. The van der Waals surface area contributed by atoms with Crippen molar-refractivity contribution in [3.8, 4) is 0 Å². The Morgan fingerprint density at radius 3 is 2.62 bits per heavy atom. The van der Waals surface area contributed by atoms with E-state index >= 15 is 0 Å². The summed E-state index contributed by atoms with van der Waals surface area (Å²) in [5.41, 5.74) is -0.116. The fourth-order valence-corrected chi connectivity index (χ4v) is 2.90. The van der Waals surface area contributed by atoms with Crippen LogP contribution in [0.15, 0.2) is 47.6 Å². The molecule has 0 unspecified atom stereocenters. The number of pyridine rings is 1. The number of hydrogen-bond donors (Lipinski definition) is 0. The molecule has 1 aromatic heterocycles. The summed E-state index contributed by atoms with van der Waals surface area (Å²) in [5, 5.41) is 10.5. The van der Waals surface area contributed by atoms with Gasteiger partial charge in [0.15, 0.2) is 14.9 Å². The van der Waals surface area contributed by atoms with Crippen LogP contribution in [0.5, 0.6) is 0 Å². The van der Waals surface area contributed by atoms with Gasteiger partial charge in [-0.1, -0.05) is 17.7 Å². The minimum Gasteiger partial charge on any atom is -0.461 e. The average Bonchev–Trinajstić information content (AvgIpc) is 2.54. The van der Waals surface area contributed by atoms with Crippen LogP contribution in [-0.2, 0) is 14.6 Å². The third-order valence-corrected chi connectivity index (χ3v) is 4.71. The third kappa shape index (κ3) is 4.49. The van der Waals surface area contributed by atoms with Crippen molar-refractivity contribution in [1.29, 1.82) is 0 Å². The van der Waals surface area contributed by atoms with Gasteiger partial charge in [0.2, 0.25) is 0 Å². The second-order valence-corrected chi connectivity index (χ2v) is 7.07. The molecule has 0 fully saturated rings. The maximum absolute atomic E-state index is 12.0. The maximum atomic E-state index is 12.0. The minimum absolute atomic E-state index is 0.202. The molecule has 0 aliphatic heterocycles. The van der Waals surface area contributed by atoms with Crippen LogP contribution in [0.3, 0.4) is 0 Å². The molecule has 1 aromatic carbocycles. The van der Waals surface area contributed by atoms with Gasteiger partial charge in [-0.05, 0) is 24.3 Å². The molecule has 24 heavy (non-hydrogen) atoms. The number of ether oxygens (including phenoxy) is 1. The SMILES string of the molecule is O=C(OCCS(=O)(=O)c1ccc([N+](=O)[O-])cn1)c1cccc(Cl)c1. The molecule has 10 heteroatoms. The van der Waals surface area contributed by atoms with Gasteiger partial charge in [-0.3, -0.25) is 10.1 Å². The van der Waals surface area contributed by atoms with Gasteiger partial charge in [0.25, 0.3) is 5.69 Å². The molecule has 0 bridgehead atoms. The van der Waals surface area contributed by atoms with E-state index in [1.807, 2.05) is 0 Å². The number of benzene rings is 1. The highest BCUT2D eigenvalue weighted by Crippen LogP contribution is 2.14. The van der Waals surface area contributed by atoms with E-state index in [-0.39, 0.29) is 22.9 Å². The fourth-order valence-electron chi connectivity index (χ4n) is 1.71. The van der Waals surface area contributed by atoms with E-state index in [9.17, 15) is 23.3 Å². The summed E-state index contributed by atoms with van der Waals surface area (Å²) in [6.07, 6.45) is 0.852. The molecule has 0 N–H and O–H groups in total. The predicted octanol–water partition coefficient (Wildman–Crippen LogP) is 2.27. The molecule has 0 radical (unpaired) electrons. The number of aromatic nitrogens is 1. The maximum Gasteiger partial charge on any atom is 0.338 e. The Kier molecular flexibility index (Phi) is 5.47. The first-order valence-corrected chi connectivity index (χ1v) is 8.58. The first kappa shape index (κ1) is 17.8. The van der Waals surface area contributed by atoms with Gasteiger partial charge < -0.3 is 4.74 Å². The van der Waals surface area contributed by atoms with E-state index in [2.05, 4.69) is 4.98 Å². The molecule has 0 spiro atoms. The van der Waals surface area contributed by atoms with Gasteiger partial charge in [0.05, 0.1) is 16.2 Å². The van der Waals surface area contributed by atoms with Crippen LogP contribution in [0.4, 0.5) is 5.69 Å². The highest BCUT2D eigenvalue weighted by atomic mass is 35.5. The zero-order valence-electron chi connectivity index (χ0n) is 12.1. The van der Waals surface area contributed by atoms with Crippen molar-refractivity contribution < 1.29 is 22.9 Å². The molecular formula is C14H11ClN2O6S. The smallest absolute Gasteiger partial charge is 0.338 e. The Hall–Kier alpha value is -2.52. The highest BCUT2D eigenvalue weighted by molar-refractivity contribution is 7.91. The van der Waals surface area contributed by atoms with Gasteiger partial charge in [0.1, 0.15) is 12.8 Å². The lowest BCUT2D eigenvalue weighted by atomic mass is 10.2. The predicted molar refractivity (Wildman–Crippen MR) is 84.7 cm³/mol. The monoisotopic (exact) mass is 370 g/mol. The lowest BCUT2D eigenvalue weighted by Gasteiger charge is -2.06. The molecule has 8 nitrogen and oxygen atoms in total. The number of sulfone groups is 1. The Morgan fingerprint density at radius 1 is 1.29 bits per heavy atom. The van der Waals surface area contributed by atoms with Crippen molar-refractivity contribution in [3.05, 3.63) is 63.3 Å². The average molecular weight is 371 g/mol. The number of hydrogen-bond acceptors (Lipinski definition) is 7. The summed E-state index contributed by atoms with van der Waals surface area (Å²) < 4.78 is 29.0. The van der Waals surface area contributed by atoms with Crippen molar-refractivity contribution in [2.75, 3.05) is 12.4 Å². The van der Waals surface area contributed by atoms with Crippen molar-refractivity contribution in [1.82, 2.24) is 4.98 Å². The summed E-state index contributed by atoms with van der Waals surface area (Å²) in [4.78, 5) is 25.2. The molecule has 0 saturated heterocycles. The van der Waals surface area contributed by atoms with E-state index in [0.717, 1.165) is 18.3 Å². The molecule has 2 aromatic rings. The standard InChI is InChI=1S/C14H11ClN2O6S/c15-11-3-1-2-10(8-11)14(18)23-6-7-24(21,22)13-5-4-12(9-16-13)17(19)20/h1-5,8-9H,6-7H2. The van der Waals surface area contributed by atoms with Gasteiger partial charge in [-0.25, -0.2) is 18.2 Å². The Labute approximate surface area is 142 Å². The Bertz CT molecular complexity index is 867. The van der Waals surface area contributed by atoms with Gasteiger partial charge in [0, 0.05) is 11.1 Å². The third-order valence-electron chi connectivity index (χ3n) is 2.90. The Morgan fingerprint density at radius 2 is 2.04 bits per heavy atom. The number of nitrogens with zero attached hydrogens (tertiary/aromatic N) is 2. The highest BCUT2D eigenvalue weighted by Gasteiger charge is 2.19. The zero-order valence-corrected chi connectivity index (χ0v) is 13.7. The molecule has 0 saturated carbocycles. The Balaban J connectivity index is 1.97. The van der Waals surface area contributed by atoms with Crippen LogP contribution in [0.1, 0.15) is 10.4 Å². The second kappa shape index (κ2) is 7.37. The number of rotatable bonds is 6. The number of esters is 1. The molecule has 0 atom stereocenters. The van der Waals surface area contributed by atoms with Crippen LogP contribution in [0, 0.1) is 10.1 Å². The molecular weight excluding hydrogens is 360 g/mol. The first-order chi connectivity index (χ1) is 11.3. The first-order valence-electron chi connectivity index (χ1n) is 6.55. The van der Waals surface area contributed by atoms with E-state index in [1.54, 1.807) is 12.1 Å². The van der Waals surface area contributed by atoms with Crippen LogP contribution >= 0.6 is 11.6 Å². The molecule has 2 rings (SSSR count). The fraction of sp³-hybridized carbons (Fsp3) is 0.143. The normalized spacial score (nSPS) is 11.0.